The Balaban J connectivity index is 1.68. The van der Waals surface area contributed by atoms with Crippen molar-refractivity contribution in [2.24, 2.45) is 13.0 Å². The van der Waals surface area contributed by atoms with Crippen molar-refractivity contribution in [2.75, 3.05) is 5.32 Å². The highest BCUT2D eigenvalue weighted by atomic mass is 19.3. The third kappa shape index (κ3) is 3.96. The number of imidazole rings is 1. The molecule has 1 fully saturated rings. The van der Waals surface area contributed by atoms with Gasteiger partial charge in [-0.15, -0.1) is 0 Å². The number of nitrogens with zero attached hydrogens (tertiary/aromatic N) is 3. The van der Waals surface area contributed by atoms with Crippen LogP contribution in [0.15, 0.2) is 18.5 Å². The van der Waals surface area contributed by atoms with Gasteiger partial charge in [0.25, 0.3) is 0 Å². The first kappa shape index (κ1) is 19.8. The summed E-state index contributed by atoms with van der Waals surface area (Å²) >= 11 is 0. The summed E-state index contributed by atoms with van der Waals surface area (Å²) in [6.07, 6.45) is 0.850. The molecular weight excluding hydrogens is 397 g/mol. The van der Waals surface area contributed by atoms with E-state index >= 15 is 0 Å². The number of aromatic nitrogens is 2. The van der Waals surface area contributed by atoms with E-state index < -0.39 is 24.8 Å². The van der Waals surface area contributed by atoms with E-state index in [0.29, 0.717) is 16.5 Å². The van der Waals surface area contributed by atoms with Gasteiger partial charge in [0.15, 0.2) is 0 Å². The topological polar surface area (TPSA) is 94.8 Å². The summed E-state index contributed by atoms with van der Waals surface area (Å²) in [6.45, 7) is 0. The molecule has 2 aliphatic rings. The highest BCUT2D eigenvalue weighted by Gasteiger charge is 2.31. The second kappa shape index (κ2) is 7.74. The van der Waals surface area contributed by atoms with Crippen molar-refractivity contribution in [3.63, 3.8) is 0 Å². The Bertz CT molecular complexity index is 1160. The molecule has 1 atom stereocenters. The number of anilines is 1. The molecule has 0 spiro atoms. The lowest BCUT2D eigenvalue weighted by Crippen LogP contribution is -2.52. The van der Waals surface area contributed by atoms with E-state index in [0.717, 1.165) is 18.9 Å². The number of carbonyl (C=O) groups excluding carboxylic acids is 1. The zero-order valence-corrected chi connectivity index (χ0v) is 16.0. The van der Waals surface area contributed by atoms with E-state index in [1.165, 1.54) is 6.07 Å². The van der Waals surface area contributed by atoms with Crippen LogP contribution in [0.4, 0.5) is 18.9 Å². The van der Waals surface area contributed by atoms with E-state index in [1.807, 2.05) is 0 Å². The highest BCUT2D eigenvalue weighted by molar-refractivity contribution is 5.86. The fourth-order valence-electron chi connectivity index (χ4n) is 3.37. The Morgan fingerprint density at radius 2 is 2.20 bits per heavy atom. The molecule has 0 radical (unpaired) electrons. The highest BCUT2D eigenvalue weighted by Crippen LogP contribution is 2.29. The molecule has 1 amide bonds. The molecule has 1 aliphatic heterocycles. The number of fused-ring (bicyclic) bond motifs is 1. The number of hydrogen-bond acceptors (Lipinski definition) is 5. The lowest BCUT2D eigenvalue weighted by Gasteiger charge is -2.25. The summed E-state index contributed by atoms with van der Waals surface area (Å²) in [4.78, 5) is 16.5. The van der Waals surface area contributed by atoms with Gasteiger partial charge in [0.1, 0.15) is 23.2 Å². The van der Waals surface area contributed by atoms with Crippen molar-refractivity contribution in [1.29, 1.82) is 5.26 Å². The van der Waals surface area contributed by atoms with Crippen LogP contribution in [-0.4, -0.2) is 28.0 Å². The van der Waals surface area contributed by atoms with E-state index in [1.54, 1.807) is 30.1 Å². The molecule has 0 bridgehead atoms. The van der Waals surface area contributed by atoms with Crippen LogP contribution in [0.2, 0.25) is 0 Å². The Morgan fingerprint density at radius 1 is 1.43 bits per heavy atom. The average molecular weight is 416 g/mol. The number of nitrogens with one attached hydrogen (secondary N) is 3. The fraction of sp³-hybridized carbons (Fsp3) is 0.350. The maximum Gasteiger partial charge on any atom is 0.242 e. The minimum absolute atomic E-state index is 0.00359. The van der Waals surface area contributed by atoms with Crippen LogP contribution in [0.5, 0.6) is 0 Å². The number of amides is 1. The van der Waals surface area contributed by atoms with Crippen molar-refractivity contribution < 1.29 is 18.0 Å². The lowest BCUT2D eigenvalue weighted by atomic mass is 10.0. The Labute approximate surface area is 169 Å². The van der Waals surface area contributed by atoms with Crippen molar-refractivity contribution in [2.45, 2.75) is 31.9 Å². The van der Waals surface area contributed by atoms with Gasteiger partial charge in [-0.25, -0.2) is 18.2 Å². The second-order valence-electron chi connectivity index (χ2n) is 7.36. The van der Waals surface area contributed by atoms with Gasteiger partial charge in [0, 0.05) is 19.4 Å². The normalized spacial score (nSPS) is 17.6. The third-order valence-corrected chi connectivity index (χ3v) is 5.02. The molecule has 10 heteroatoms. The fourth-order valence-corrected chi connectivity index (χ4v) is 3.37. The molecule has 7 nitrogen and oxygen atoms in total. The summed E-state index contributed by atoms with van der Waals surface area (Å²) in [7, 11) is 1.77. The number of aryl methyl sites for hydroxylation is 1. The van der Waals surface area contributed by atoms with Gasteiger partial charge in [-0.3, -0.25) is 4.79 Å². The van der Waals surface area contributed by atoms with Crippen molar-refractivity contribution in [1.82, 2.24) is 20.2 Å². The quantitative estimate of drug-likeness (QED) is 0.643. The first-order valence-corrected chi connectivity index (χ1v) is 9.44. The second-order valence-corrected chi connectivity index (χ2v) is 7.36. The molecule has 30 heavy (non-hydrogen) atoms. The molecule has 156 valence electrons. The number of nitriles is 1. The standard InChI is InChI=1S/C20H19F3N6O/c1-29-9-25-18-14(29)7-16(27-19(18)28-20(30)11-2-3-11)26-17-12(6-15(22)23)4-10(8-24)5-13(17)21/h4-5,7,9,11,15-16,26-27H,2-3,6H2,1H3,(H,28,30). The SMILES string of the molecule is Cn1cnc2c1=CC(Nc1c(F)cc(C#N)cc1CC(F)F)NC=2NC(=O)C1CC1. The minimum atomic E-state index is -2.70. The van der Waals surface area contributed by atoms with Crippen LogP contribution in [0.3, 0.4) is 0 Å². The molecular formula is C20H19F3N6O. The van der Waals surface area contributed by atoms with Crippen LogP contribution in [-0.2, 0) is 18.3 Å². The first-order valence-electron chi connectivity index (χ1n) is 9.44. The molecule has 4 rings (SSSR count). The van der Waals surface area contributed by atoms with E-state index in [4.69, 9.17) is 5.26 Å². The first-order chi connectivity index (χ1) is 14.4. The van der Waals surface area contributed by atoms with Crippen LogP contribution in [0, 0.1) is 23.1 Å². The van der Waals surface area contributed by atoms with Crippen LogP contribution >= 0.6 is 0 Å². The molecule has 1 unspecified atom stereocenters. The number of halogens is 3. The summed E-state index contributed by atoms with van der Waals surface area (Å²) in [5.41, 5.74) is -0.162. The largest absolute Gasteiger partial charge is 0.359 e. The Hall–Kier alpha value is -3.48. The van der Waals surface area contributed by atoms with Gasteiger partial charge in [-0.1, -0.05) is 0 Å². The summed E-state index contributed by atoms with van der Waals surface area (Å²) in [5.74, 6) is -0.596. The molecule has 1 saturated carbocycles. The summed E-state index contributed by atoms with van der Waals surface area (Å²) < 4.78 is 42.4. The number of benzene rings is 1. The van der Waals surface area contributed by atoms with Crippen molar-refractivity contribution >= 4 is 23.5 Å². The number of rotatable bonds is 6. The summed E-state index contributed by atoms with van der Waals surface area (Å²) in [6, 6.07) is 4.02. The molecule has 2 heterocycles. The predicted octanol–water partition coefficient (Wildman–Crippen LogP) is 0.652. The van der Waals surface area contributed by atoms with Gasteiger partial charge < -0.3 is 20.5 Å². The third-order valence-electron chi connectivity index (χ3n) is 5.02. The number of alkyl halides is 2. The minimum Gasteiger partial charge on any atom is -0.359 e. The van der Waals surface area contributed by atoms with E-state index in [9.17, 15) is 18.0 Å². The van der Waals surface area contributed by atoms with Crippen LogP contribution < -0.4 is 26.6 Å². The predicted molar refractivity (Wildman–Crippen MR) is 103 cm³/mol. The Morgan fingerprint density at radius 3 is 2.87 bits per heavy atom. The average Bonchev–Trinajstić information content (AvgIpc) is 3.48. The zero-order valence-electron chi connectivity index (χ0n) is 16.0. The molecule has 0 saturated heterocycles. The van der Waals surface area contributed by atoms with Gasteiger partial charge in [-0.2, -0.15) is 5.26 Å². The van der Waals surface area contributed by atoms with Crippen molar-refractivity contribution in [3.05, 3.63) is 46.1 Å². The van der Waals surface area contributed by atoms with E-state index in [-0.39, 0.29) is 28.6 Å². The van der Waals surface area contributed by atoms with Gasteiger partial charge in [0.2, 0.25) is 12.3 Å². The van der Waals surface area contributed by atoms with Crippen LogP contribution in [0.1, 0.15) is 24.0 Å². The molecule has 1 aromatic heterocycles. The van der Waals surface area contributed by atoms with Crippen LogP contribution in [0.25, 0.3) is 11.9 Å². The smallest absolute Gasteiger partial charge is 0.242 e. The zero-order chi connectivity index (χ0) is 21.4. The van der Waals surface area contributed by atoms with Gasteiger partial charge >= 0.3 is 0 Å². The molecule has 1 aliphatic carbocycles. The summed E-state index contributed by atoms with van der Waals surface area (Å²) in [5, 5.41) is 19.0. The molecule has 1 aromatic carbocycles. The lowest BCUT2D eigenvalue weighted by molar-refractivity contribution is -0.121. The monoisotopic (exact) mass is 416 g/mol. The molecule has 2 aromatic rings. The maximum atomic E-state index is 14.6. The molecule has 3 N–H and O–H groups in total. The Kier molecular flexibility index (Phi) is 5.11. The van der Waals surface area contributed by atoms with Gasteiger partial charge in [-0.05, 0) is 36.6 Å². The van der Waals surface area contributed by atoms with Crippen molar-refractivity contribution in [3.8, 4) is 6.07 Å². The van der Waals surface area contributed by atoms with Gasteiger partial charge in [0.05, 0.1) is 29.0 Å². The number of hydrogen-bond donors (Lipinski definition) is 3. The van der Waals surface area contributed by atoms with E-state index in [2.05, 4.69) is 20.9 Å². The maximum absolute atomic E-state index is 14.6. The number of carbonyl (C=O) groups is 1.